The molecule has 1 saturated heterocycles. The Hall–Kier alpha value is -2.78. The van der Waals surface area contributed by atoms with E-state index in [9.17, 15) is 18.7 Å². The Morgan fingerprint density at radius 2 is 1.81 bits per heavy atom. The summed E-state index contributed by atoms with van der Waals surface area (Å²) in [6.07, 6.45) is 4.77. The molecule has 32 heavy (non-hydrogen) atoms. The monoisotopic (exact) mass is 450 g/mol. The molecule has 1 aromatic rings. The van der Waals surface area contributed by atoms with Crippen molar-refractivity contribution in [3.05, 3.63) is 53.9 Å². The second-order valence-corrected chi connectivity index (χ2v) is 7.56. The molecule has 3 N–H and O–H groups in total. The number of anilines is 1. The summed E-state index contributed by atoms with van der Waals surface area (Å²) in [5.74, 6) is -2.72. The zero-order valence-electron chi connectivity index (χ0n) is 18.8. The zero-order chi connectivity index (χ0) is 23.7. The standard InChI is InChI=1S/C23H32F2N4O3/c1-4-6-19(27-18-9-7-17(8-10-18)23(3,24)25)21(26-11-5-2)28-12-14-29(15-13-28)22(32)20(31)16-30/h5-11,20,27,30-31H,4,12-16H2,1-3H3/b11-5-,19-6-,26-21-. The van der Waals surface area contributed by atoms with Gasteiger partial charge in [-0.05, 0) is 25.5 Å². The maximum absolute atomic E-state index is 13.5. The van der Waals surface area contributed by atoms with Crippen molar-refractivity contribution in [2.24, 2.45) is 4.99 Å². The molecule has 1 unspecified atom stereocenters. The first-order valence-corrected chi connectivity index (χ1v) is 10.7. The number of allylic oxidation sites excluding steroid dienone is 2. The van der Waals surface area contributed by atoms with E-state index in [4.69, 9.17) is 5.11 Å². The molecular weight excluding hydrogens is 418 g/mol. The summed E-state index contributed by atoms with van der Waals surface area (Å²) >= 11 is 0. The summed E-state index contributed by atoms with van der Waals surface area (Å²) in [4.78, 5) is 20.3. The highest BCUT2D eigenvalue weighted by atomic mass is 19.3. The Kier molecular flexibility index (Phi) is 9.34. The lowest BCUT2D eigenvalue weighted by molar-refractivity contribution is -0.143. The van der Waals surface area contributed by atoms with Crippen molar-refractivity contribution < 1.29 is 23.8 Å². The number of rotatable bonds is 8. The third kappa shape index (κ3) is 6.86. The molecule has 7 nitrogen and oxygen atoms in total. The van der Waals surface area contributed by atoms with Crippen LogP contribution < -0.4 is 5.32 Å². The summed E-state index contributed by atoms with van der Waals surface area (Å²) in [6.45, 7) is 5.84. The van der Waals surface area contributed by atoms with E-state index in [1.165, 1.54) is 17.0 Å². The number of alkyl halides is 2. The van der Waals surface area contributed by atoms with Crippen LogP contribution >= 0.6 is 0 Å². The lowest BCUT2D eigenvalue weighted by Crippen LogP contribution is -2.54. The minimum Gasteiger partial charge on any atom is -0.393 e. The van der Waals surface area contributed by atoms with Gasteiger partial charge in [-0.15, -0.1) is 0 Å². The molecule has 176 valence electrons. The molecule has 1 aliphatic rings. The number of amidine groups is 1. The molecule has 0 saturated carbocycles. The van der Waals surface area contributed by atoms with E-state index < -0.39 is 24.5 Å². The number of aliphatic imine (C=N–C) groups is 1. The van der Waals surface area contributed by atoms with Gasteiger partial charge >= 0.3 is 0 Å². The summed E-state index contributed by atoms with van der Waals surface area (Å²) in [5, 5.41) is 21.9. The van der Waals surface area contributed by atoms with Crippen LogP contribution in [0.4, 0.5) is 14.5 Å². The zero-order valence-corrected chi connectivity index (χ0v) is 18.8. The topological polar surface area (TPSA) is 88.4 Å². The number of hydrogen-bond acceptors (Lipinski definition) is 5. The lowest BCUT2D eigenvalue weighted by atomic mass is 10.1. The van der Waals surface area contributed by atoms with Crippen LogP contribution in [0.5, 0.6) is 0 Å². The fourth-order valence-corrected chi connectivity index (χ4v) is 3.30. The van der Waals surface area contributed by atoms with Crippen LogP contribution in [0, 0.1) is 0 Å². The van der Waals surface area contributed by atoms with Gasteiger partial charge in [-0.25, -0.2) is 13.8 Å². The van der Waals surface area contributed by atoms with Crippen LogP contribution in [0.15, 0.2) is 53.3 Å². The molecule has 1 aliphatic heterocycles. The van der Waals surface area contributed by atoms with E-state index in [0.29, 0.717) is 37.7 Å². The number of nitrogens with zero attached hydrogens (tertiary/aromatic N) is 3. The van der Waals surface area contributed by atoms with Gasteiger partial charge in [0.2, 0.25) is 0 Å². The predicted octanol–water partition coefficient (Wildman–Crippen LogP) is 2.93. The highest BCUT2D eigenvalue weighted by Crippen LogP contribution is 2.28. The second kappa shape index (κ2) is 11.7. The Balaban J connectivity index is 2.20. The van der Waals surface area contributed by atoms with Crippen molar-refractivity contribution >= 4 is 17.4 Å². The number of nitrogens with one attached hydrogen (secondary N) is 1. The van der Waals surface area contributed by atoms with Gasteiger partial charge in [0.05, 0.1) is 12.3 Å². The van der Waals surface area contributed by atoms with Crippen molar-refractivity contribution in [2.45, 2.75) is 39.2 Å². The molecule has 2 rings (SSSR count). The molecule has 1 atom stereocenters. The summed E-state index contributed by atoms with van der Waals surface area (Å²) in [7, 11) is 0. The fourth-order valence-electron chi connectivity index (χ4n) is 3.30. The quantitative estimate of drug-likeness (QED) is 0.419. The molecular formula is C23H32F2N4O3. The Labute approximate surface area is 187 Å². The first-order chi connectivity index (χ1) is 15.2. The summed E-state index contributed by atoms with van der Waals surface area (Å²) in [6, 6.07) is 6.00. The van der Waals surface area contributed by atoms with Crippen LogP contribution in [0.2, 0.25) is 0 Å². The highest BCUT2D eigenvalue weighted by Gasteiger charge is 2.28. The van der Waals surface area contributed by atoms with Gasteiger partial charge in [0.25, 0.3) is 11.8 Å². The molecule has 1 heterocycles. The van der Waals surface area contributed by atoms with E-state index in [-0.39, 0.29) is 5.56 Å². The lowest BCUT2D eigenvalue weighted by Gasteiger charge is -2.37. The van der Waals surface area contributed by atoms with E-state index in [0.717, 1.165) is 19.0 Å². The molecule has 0 aliphatic carbocycles. The number of carbonyl (C=O) groups is 1. The SMILES string of the molecule is C\C=C/N=C(/C(=C/CC)Nc1ccc(C(C)(F)F)cc1)N1CCN(C(=O)C(O)CO)CC1. The van der Waals surface area contributed by atoms with Crippen LogP contribution in [0.25, 0.3) is 0 Å². The van der Waals surface area contributed by atoms with Crippen molar-refractivity contribution in [1.29, 1.82) is 0 Å². The molecule has 1 aromatic carbocycles. The summed E-state index contributed by atoms with van der Waals surface area (Å²) < 4.78 is 27.0. The van der Waals surface area contributed by atoms with Crippen molar-refractivity contribution in [3.8, 4) is 0 Å². The number of carbonyl (C=O) groups excluding carboxylic acids is 1. The van der Waals surface area contributed by atoms with Gasteiger partial charge in [-0.3, -0.25) is 4.79 Å². The van der Waals surface area contributed by atoms with Crippen LogP contribution in [-0.4, -0.2) is 70.6 Å². The van der Waals surface area contributed by atoms with Gasteiger partial charge < -0.3 is 25.3 Å². The third-order valence-electron chi connectivity index (χ3n) is 5.01. The van der Waals surface area contributed by atoms with Gasteiger partial charge in [-0.1, -0.05) is 31.2 Å². The third-order valence-corrected chi connectivity index (χ3v) is 5.01. The number of amides is 1. The molecule has 0 aromatic heterocycles. The first-order valence-electron chi connectivity index (χ1n) is 10.7. The minimum absolute atomic E-state index is 0.0577. The average Bonchev–Trinajstić information content (AvgIpc) is 2.78. The number of halogens is 2. The fraction of sp³-hybridized carbons (Fsp3) is 0.478. The van der Waals surface area contributed by atoms with Crippen LogP contribution in [-0.2, 0) is 10.7 Å². The Morgan fingerprint density at radius 3 is 2.31 bits per heavy atom. The maximum atomic E-state index is 13.5. The summed E-state index contributed by atoms with van der Waals surface area (Å²) in [5.41, 5.74) is 1.33. The van der Waals surface area contributed by atoms with Crippen molar-refractivity contribution in [2.75, 3.05) is 38.1 Å². The Morgan fingerprint density at radius 1 is 1.22 bits per heavy atom. The van der Waals surface area contributed by atoms with Gasteiger partial charge in [-0.2, -0.15) is 0 Å². The molecule has 1 fully saturated rings. The largest absolute Gasteiger partial charge is 0.393 e. The highest BCUT2D eigenvalue weighted by molar-refractivity contribution is 6.01. The average molecular weight is 451 g/mol. The first kappa shape index (κ1) is 25.5. The number of aliphatic hydroxyl groups is 2. The molecule has 9 heteroatoms. The number of piperazine rings is 1. The Bertz CT molecular complexity index is 840. The van der Waals surface area contributed by atoms with E-state index in [1.54, 1.807) is 24.4 Å². The van der Waals surface area contributed by atoms with Gasteiger partial charge in [0.1, 0.15) is 0 Å². The number of hydrogen-bond donors (Lipinski definition) is 3. The smallest absolute Gasteiger partial charge is 0.270 e. The van der Waals surface area contributed by atoms with E-state index in [2.05, 4.69) is 10.3 Å². The van der Waals surface area contributed by atoms with Gasteiger partial charge in [0, 0.05) is 50.6 Å². The van der Waals surface area contributed by atoms with Crippen LogP contribution in [0.1, 0.15) is 32.8 Å². The maximum Gasteiger partial charge on any atom is 0.270 e. The van der Waals surface area contributed by atoms with Crippen molar-refractivity contribution in [1.82, 2.24) is 9.80 Å². The predicted molar refractivity (Wildman–Crippen MR) is 122 cm³/mol. The van der Waals surface area contributed by atoms with E-state index in [1.807, 2.05) is 24.8 Å². The normalized spacial score (nSPS) is 17.1. The number of benzene rings is 1. The van der Waals surface area contributed by atoms with Crippen molar-refractivity contribution in [3.63, 3.8) is 0 Å². The van der Waals surface area contributed by atoms with Crippen LogP contribution in [0.3, 0.4) is 0 Å². The second-order valence-electron chi connectivity index (χ2n) is 7.56. The van der Waals surface area contributed by atoms with E-state index >= 15 is 0 Å². The number of aliphatic hydroxyl groups excluding tert-OH is 2. The molecule has 0 bridgehead atoms. The minimum atomic E-state index is -2.90. The molecule has 1 amide bonds. The molecule has 0 radical (unpaired) electrons. The molecule has 0 spiro atoms. The van der Waals surface area contributed by atoms with Gasteiger partial charge in [0.15, 0.2) is 11.9 Å².